The van der Waals surface area contributed by atoms with Crippen LogP contribution in [0.5, 0.6) is 5.75 Å². The summed E-state index contributed by atoms with van der Waals surface area (Å²) in [5.74, 6) is 0.620. The van der Waals surface area contributed by atoms with Crippen LogP contribution >= 0.6 is 0 Å². The summed E-state index contributed by atoms with van der Waals surface area (Å²) in [5, 5.41) is 6.08. The van der Waals surface area contributed by atoms with Crippen LogP contribution in [0.25, 0.3) is 0 Å². The lowest BCUT2D eigenvalue weighted by molar-refractivity contribution is -0.118. The average Bonchev–Trinajstić information content (AvgIpc) is 2.39. The van der Waals surface area contributed by atoms with Gasteiger partial charge in [0.25, 0.3) is 5.91 Å². The fourth-order valence-electron chi connectivity index (χ4n) is 2.12. The van der Waals surface area contributed by atoms with Crippen LogP contribution in [-0.4, -0.2) is 26.1 Å². The predicted octanol–water partition coefficient (Wildman–Crippen LogP) is 1.02. The number of carbonyl (C=O) groups excluding carboxylic acids is 1. The van der Waals surface area contributed by atoms with E-state index in [4.69, 9.17) is 10.5 Å². The summed E-state index contributed by atoms with van der Waals surface area (Å²) < 4.78 is 5.33. The second-order valence-electron chi connectivity index (χ2n) is 4.36. The molecule has 0 radical (unpaired) electrons. The minimum Gasteiger partial charge on any atom is -0.482 e. The minimum absolute atomic E-state index is 0.0922. The maximum absolute atomic E-state index is 11.3. The lowest BCUT2D eigenvalue weighted by Crippen LogP contribution is -2.26. The van der Waals surface area contributed by atoms with Gasteiger partial charge in [0.05, 0.1) is 5.69 Å². The van der Waals surface area contributed by atoms with Crippen LogP contribution in [-0.2, 0) is 4.79 Å². The van der Waals surface area contributed by atoms with Crippen LogP contribution in [0.15, 0.2) is 18.2 Å². The monoisotopic (exact) mass is 249 g/mol. The van der Waals surface area contributed by atoms with E-state index in [9.17, 15) is 4.79 Å². The molecule has 0 saturated carbocycles. The highest BCUT2D eigenvalue weighted by Gasteiger charge is 2.18. The number of hydrogen-bond donors (Lipinski definition) is 3. The van der Waals surface area contributed by atoms with Crippen molar-refractivity contribution < 1.29 is 9.53 Å². The molecule has 1 aromatic carbocycles. The fraction of sp³-hybridized carbons (Fsp3) is 0.462. The number of nitrogens with two attached hydrogens (primary N) is 1. The van der Waals surface area contributed by atoms with Gasteiger partial charge in [-0.15, -0.1) is 0 Å². The van der Waals surface area contributed by atoms with Gasteiger partial charge in [0.15, 0.2) is 6.61 Å². The molecule has 5 nitrogen and oxygen atoms in total. The quantitative estimate of drug-likeness (QED) is 0.728. The largest absolute Gasteiger partial charge is 0.482 e. The molecule has 2 rings (SSSR count). The zero-order valence-corrected chi connectivity index (χ0v) is 10.5. The molecule has 0 bridgehead atoms. The van der Waals surface area contributed by atoms with Crippen LogP contribution < -0.4 is 21.1 Å². The Balaban J connectivity index is 2.18. The van der Waals surface area contributed by atoms with E-state index < -0.39 is 0 Å². The molecular formula is C13H19N3O2. The summed E-state index contributed by atoms with van der Waals surface area (Å²) in [6.45, 7) is 0.776. The third-order valence-electron chi connectivity index (χ3n) is 3.08. The number of hydrogen-bond acceptors (Lipinski definition) is 4. The number of amides is 1. The molecule has 5 heteroatoms. The molecule has 4 N–H and O–H groups in total. The predicted molar refractivity (Wildman–Crippen MR) is 70.7 cm³/mol. The topological polar surface area (TPSA) is 76.4 Å². The van der Waals surface area contributed by atoms with Crippen molar-refractivity contribution >= 4 is 11.6 Å². The van der Waals surface area contributed by atoms with E-state index in [1.807, 2.05) is 25.2 Å². The van der Waals surface area contributed by atoms with Crippen LogP contribution in [0.4, 0.5) is 5.69 Å². The van der Waals surface area contributed by atoms with Gasteiger partial charge in [-0.05, 0) is 44.1 Å². The first-order chi connectivity index (χ1) is 8.74. The number of fused-ring (bicyclic) bond motifs is 1. The number of ether oxygens (including phenoxy) is 1. The first kappa shape index (κ1) is 12.9. The first-order valence-electron chi connectivity index (χ1n) is 6.18. The highest BCUT2D eigenvalue weighted by molar-refractivity contribution is 5.95. The normalized spacial score (nSPS) is 15.6. The summed E-state index contributed by atoms with van der Waals surface area (Å²) in [7, 11) is 1.93. The number of nitrogens with one attached hydrogen (secondary N) is 2. The third kappa shape index (κ3) is 2.80. The van der Waals surface area contributed by atoms with E-state index in [1.165, 1.54) is 0 Å². The van der Waals surface area contributed by atoms with Crippen molar-refractivity contribution in [2.45, 2.75) is 18.9 Å². The molecule has 1 aliphatic heterocycles. The van der Waals surface area contributed by atoms with E-state index in [-0.39, 0.29) is 18.6 Å². The molecule has 1 unspecified atom stereocenters. The molecule has 1 aliphatic rings. The van der Waals surface area contributed by atoms with Gasteiger partial charge in [-0.25, -0.2) is 0 Å². The number of benzene rings is 1. The SMILES string of the molecule is CNC(CCCN)c1ccc2c(c1)NC(=O)CO2. The summed E-state index contributed by atoms with van der Waals surface area (Å²) >= 11 is 0. The minimum atomic E-state index is -0.109. The third-order valence-corrected chi connectivity index (χ3v) is 3.08. The average molecular weight is 249 g/mol. The van der Waals surface area contributed by atoms with Gasteiger partial charge in [-0.3, -0.25) is 4.79 Å². The molecule has 0 spiro atoms. The summed E-state index contributed by atoms with van der Waals surface area (Å²) in [4.78, 5) is 11.3. The zero-order valence-electron chi connectivity index (χ0n) is 10.5. The van der Waals surface area contributed by atoms with Crippen molar-refractivity contribution in [2.24, 2.45) is 5.73 Å². The number of rotatable bonds is 5. The molecule has 0 fully saturated rings. The standard InChI is InChI=1S/C13H19N3O2/c1-15-10(3-2-6-14)9-4-5-12-11(7-9)16-13(17)8-18-12/h4-5,7,10,15H,2-3,6,8,14H2,1H3,(H,16,17). The van der Waals surface area contributed by atoms with Gasteiger partial charge in [-0.2, -0.15) is 0 Å². The maximum atomic E-state index is 11.3. The van der Waals surface area contributed by atoms with Crippen LogP contribution in [0, 0.1) is 0 Å². The molecule has 1 amide bonds. The Morgan fingerprint density at radius 3 is 3.11 bits per heavy atom. The number of carbonyl (C=O) groups is 1. The van der Waals surface area contributed by atoms with Crippen LogP contribution in [0.3, 0.4) is 0 Å². The molecule has 1 heterocycles. The molecule has 0 saturated heterocycles. The van der Waals surface area contributed by atoms with E-state index in [0.29, 0.717) is 6.54 Å². The Bertz CT molecular complexity index is 434. The number of anilines is 1. The van der Waals surface area contributed by atoms with Gasteiger partial charge in [0, 0.05) is 6.04 Å². The van der Waals surface area contributed by atoms with Crippen molar-refractivity contribution in [2.75, 3.05) is 25.5 Å². The Morgan fingerprint density at radius 2 is 2.39 bits per heavy atom. The van der Waals surface area contributed by atoms with Crippen molar-refractivity contribution in [3.63, 3.8) is 0 Å². The Labute approximate surface area is 107 Å². The van der Waals surface area contributed by atoms with Gasteiger partial charge < -0.3 is 21.1 Å². The lowest BCUT2D eigenvalue weighted by Gasteiger charge is -2.21. The van der Waals surface area contributed by atoms with Crippen LogP contribution in [0.1, 0.15) is 24.4 Å². The van der Waals surface area contributed by atoms with Crippen molar-refractivity contribution in [3.8, 4) is 5.75 Å². The molecule has 1 atom stereocenters. The lowest BCUT2D eigenvalue weighted by atomic mass is 10.0. The van der Waals surface area contributed by atoms with Crippen molar-refractivity contribution in [3.05, 3.63) is 23.8 Å². The highest BCUT2D eigenvalue weighted by Crippen LogP contribution is 2.31. The Hall–Kier alpha value is -1.59. The molecular weight excluding hydrogens is 230 g/mol. The van der Waals surface area contributed by atoms with Gasteiger partial charge in [-0.1, -0.05) is 6.07 Å². The van der Waals surface area contributed by atoms with Gasteiger partial charge in [0.1, 0.15) is 5.75 Å². The smallest absolute Gasteiger partial charge is 0.262 e. The maximum Gasteiger partial charge on any atom is 0.262 e. The van der Waals surface area contributed by atoms with E-state index in [0.717, 1.165) is 29.8 Å². The first-order valence-corrected chi connectivity index (χ1v) is 6.18. The summed E-state index contributed by atoms with van der Waals surface area (Å²) in [6.07, 6.45) is 1.94. The van der Waals surface area contributed by atoms with E-state index >= 15 is 0 Å². The Morgan fingerprint density at radius 1 is 1.56 bits per heavy atom. The van der Waals surface area contributed by atoms with Crippen LogP contribution in [0.2, 0.25) is 0 Å². The second kappa shape index (κ2) is 5.84. The van der Waals surface area contributed by atoms with Gasteiger partial charge >= 0.3 is 0 Å². The van der Waals surface area contributed by atoms with E-state index in [2.05, 4.69) is 10.6 Å². The van der Waals surface area contributed by atoms with Gasteiger partial charge in [0.2, 0.25) is 0 Å². The van der Waals surface area contributed by atoms with E-state index in [1.54, 1.807) is 0 Å². The van der Waals surface area contributed by atoms with Crippen molar-refractivity contribution in [1.82, 2.24) is 5.32 Å². The second-order valence-corrected chi connectivity index (χ2v) is 4.36. The molecule has 18 heavy (non-hydrogen) atoms. The molecule has 1 aromatic rings. The molecule has 0 aromatic heterocycles. The Kier molecular flexibility index (Phi) is 4.17. The summed E-state index contributed by atoms with van der Waals surface area (Å²) in [6, 6.07) is 6.13. The molecule has 98 valence electrons. The molecule has 0 aliphatic carbocycles. The zero-order chi connectivity index (χ0) is 13.0. The summed E-state index contributed by atoms with van der Waals surface area (Å²) in [5.41, 5.74) is 7.42. The fourth-order valence-corrected chi connectivity index (χ4v) is 2.12. The highest BCUT2D eigenvalue weighted by atomic mass is 16.5. The van der Waals surface area contributed by atoms with Crippen molar-refractivity contribution in [1.29, 1.82) is 0 Å².